The van der Waals surface area contributed by atoms with Crippen LogP contribution >= 0.6 is 0 Å². The first-order valence-corrected chi connectivity index (χ1v) is 11.8. The summed E-state index contributed by atoms with van der Waals surface area (Å²) in [4.78, 5) is 70.4. The molecular weight excluding hydrogens is 540 g/mol. The van der Waals surface area contributed by atoms with Crippen LogP contribution in [0.1, 0.15) is 62.1 Å². The Bertz CT molecular complexity index is 1430. The molecule has 12 nitrogen and oxygen atoms in total. The van der Waals surface area contributed by atoms with Crippen LogP contribution in [-0.2, 0) is 0 Å². The Morgan fingerprint density at radius 2 is 0.500 bits per heavy atom. The third kappa shape index (κ3) is 8.26. The number of fused-ring (bicyclic) bond motifs is 3. The lowest BCUT2D eigenvalue weighted by atomic mass is 9.95. The second kappa shape index (κ2) is 15.8. The first kappa shape index (κ1) is 31.7. The van der Waals surface area contributed by atoms with Crippen LogP contribution in [0.15, 0.2) is 109 Å². The highest BCUT2D eigenvalue weighted by molar-refractivity contribution is 6.23. The van der Waals surface area contributed by atoms with Gasteiger partial charge >= 0.3 is 0 Å². The van der Waals surface area contributed by atoms with Crippen LogP contribution in [0.4, 0.5) is 0 Å². The molecule has 0 aliphatic heterocycles. The summed E-state index contributed by atoms with van der Waals surface area (Å²) < 4.78 is 0. The maximum atomic E-state index is 11.2. The van der Waals surface area contributed by atoms with E-state index in [1.165, 1.54) is 41.4 Å². The van der Waals surface area contributed by atoms with Crippen molar-refractivity contribution >= 4 is 34.7 Å². The fraction of sp³-hybridized carbons (Fsp3) is 0. The topological polar surface area (TPSA) is 221 Å². The number of rotatable bonds is 0. The van der Waals surface area contributed by atoms with Crippen molar-refractivity contribution in [2.45, 2.75) is 0 Å². The van der Waals surface area contributed by atoms with Crippen molar-refractivity contribution in [2.24, 2.45) is 0 Å². The Hall–Kier alpha value is -6.48. The molecule has 0 spiro atoms. The molecule has 0 bridgehead atoms. The minimum atomic E-state index is -0.0924. The van der Waals surface area contributed by atoms with Gasteiger partial charge in [-0.1, -0.05) is 72.8 Å². The first-order valence-electron chi connectivity index (χ1n) is 11.8. The lowest BCUT2D eigenvalue weighted by Crippen LogP contribution is -2.10. The van der Waals surface area contributed by atoms with Crippen LogP contribution in [0.2, 0.25) is 0 Å². The van der Waals surface area contributed by atoms with Crippen molar-refractivity contribution < 1.29 is 28.8 Å². The van der Waals surface area contributed by atoms with Gasteiger partial charge in [-0.15, -0.1) is 5.53 Å². The normalized spacial score (nSPS) is 13.0. The van der Waals surface area contributed by atoms with E-state index in [0.29, 0.717) is 33.4 Å². The van der Waals surface area contributed by atoms with Crippen LogP contribution in [-0.4, -0.2) is 34.7 Å². The number of nitrogens with one attached hydrogen (secondary N) is 1. The summed E-state index contributed by atoms with van der Waals surface area (Å²) in [5, 5.41) is 0. The predicted octanol–water partition coefficient (Wildman–Crippen LogP) is 6.61. The number of ketones is 6. The van der Waals surface area contributed by atoms with E-state index in [-0.39, 0.29) is 34.7 Å². The molecule has 0 aromatic heterocycles. The summed E-state index contributed by atoms with van der Waals surface area (Å²) >= 11 is 0. The van der Waals surface area contributed by atoms with Gasteiger partial charge in [0, 0.05) is 33.4 Å². The van der Waals surface area contributed by atoms with Gasteiger partial charge in [-0.25, -0.2) is 0 Å². The SMILES string of the molecule is O=C1C=CC(=O)c2ccccc21.O=C1C=CC(=O)c2ccccc21.O=C1C=CC(=O)c2ccccc21.[N-]=[N+]=N.[N-]=[N+]=[N-]. The third-order valence-electron chi connectivity index (χ3n) is 5.53. The van der Waals surface area contributed by atoms with Gasteiger partial charge in [-0.3, -0.25) is 33.7 Å². The number of nitrogens with zero attached hydrogens (tertiary/aromatic N) is 5. The molecule has 3 aromatic carbocycles. The standard InChI is InChI=1S/3C10H6O2.HN3.N3/c3*11-9-5-6-10(12)8-4-2-1-3-7(8)9;2*1-3-2/h3*1-6H;1H;/q;;;;-1. The number of hydrogen-bond donors (Lipinski definition) is 1. The highest BCUT2D eigenvalue weighted by Gasteiger charge is 2.18. The molecule has 42 heavy (non-hydrogen) atoms. The monoisotopic (exact) mass is 559 g/mol. The number of hydrogen-bond acceptors (Lipinski definition) is 7. The van der Waals surface area contributed by atoms with Gasteiger partial charge in [0.25, 0.3) is 0 Å². The quantitative estimate of drug-likeness (QED) is 0.181. The van der Waals surface area contributed by atoms with Crippen LogP contribution < -0.4 is 0 Å². The molecule has 0 atom stereocenters. The van der Waals surface area contributed by atoms with Gasteiger partial charge in [0.05, 0.1) is 0 Å². The van der Waals surface area contributed by atoms with Gasteiger partial charge in [-0.2, -0.15) is 0 Å². The van der Waals surface area contributed by atoms with E-state index in [4.69, 9.17) is 22.1 Å². The Labute approximate surface area is 238 Å². The van der Waals surface area contributed by atoms with Gasteiger partial charge in [-0.05, 0) is 46.9 Å². The Balaban J connectivity index is 0.000000201. The summed E-state index contributed by atoms with van der Waals surface area (Å²) in [6.45, 7) is 0. The molecule has 0 radical (unpaired) electrons. The molecule has 6 rings (SSSR count). The van der Waals surface area contributed by atoms with E-state index >= 15 is 0 Å². The molecule has 0 heterocycles. The molecular formula is C30H19N6O6-. The highest BCUT2D eigenvalue weighted by atomic mass is 16.2. The van der Waals surface area contributed by atoms with Gasteiger partial charge in [0.15, 0.2) is 34.7 Å². The average molecular weight is 560 g/mol. The van der Waals surface area contributed by atoms with Crippen LogP contribution in [0.3, 0.4) is 0 Å². The van der Waals surface area contributed by atoms with Crippen molar-refractivity contribution in [3.63, 3.8) is 0 Å². The molecule has 0 unspecified atom stereocenters. The second-order valence-corrected chi connectivity index (χ2v) is 8.01. The summed E-state index contributed by atoms with van der Waals surface area (Å²) in [6, 6.07) is 20.5. The lowest BCUT2D eigenvalue weighted by molar-refractivity contribution is 0.0994. The Morgan fingerprint density at radius 1 is 0.381 bits per heavy atom. The van der Waals surface area contributed by atoms with E-state index in [9.17, 15) is 28.8 Å². The van der Waals surface area contributed by atoms with E-state index in [2.05, 4.69) is 0 Å². The third-order valence-corrected chi connectivity index (χ3v) is 5.53. The second-order valence-electron chi connectivity index (χ2n) is 8.01. The Morgan fingerprint density at radius 3 is 0.619 bits per heavy atom. The number of allylic oxidation sites excluding steroid dienone is 6. The van der Waals surface area contributed by atoms with Gasteiger partial charge in [0.1, 0.15) is 0 Å². The fourth-order valence-electron chi connectivity index (χ4n) is 3.73. The van der Waals surface area contributed by atoms with Gasteiger partial charge in [0.2, 0.25) is 0 Å². The zero-order valence-corrected chi connectivity index (χ0v) is 21.6. The molecule has 12 heteroatoms. The molecule has 206 valence electrons. The van der Waals surface area contributed by atoms with Crippen molar-refractivity contribution in [1.82, 2.24) is 0 Å². The van der Waals surface area contributed by atoms with Crippen LogP contribution in [0, 0.1) is 5.53 Å². The molecule has 3 aromatic rings. The van der Waals surface area contributed by atoms with E-state index in [1.807, 2.05) is 0 Å². The summed E-state index contributed by atoms with van der Waals surface area (Å²) in [6.07, 6.45) is 7.86. The molecule has 3 aliphatic rings. The molecule has 3 aliphatic carbocycles. The van der Waals surface area contributed by atoms with Crippen LogP contribution in [0.25, 0.3) is 26.4 Å². The first-order chi connectivity index (χ1) is 20.2. The number of carbonyl (C=O) groups excluding carboxylic acids is 6. The van der Waals surface area contributed by atoms with E-state index in [1.54, 1.807) is 77.7 Å². The Kier molecular flexibility index (Phi) is 12.0. The summed E-state index contributed by atoms with van der Waals surface area (Å²) in [5.41, 5.74) is 28.8. The molecule has 0 saturated carbocycles. The fourth-order valence-corrected chi connectivity index (χ4v) is 3.73. The summed E-state index contributed by atoms with van der Waals surface area (Å²) in [7, 11) is 0. The molecule has 1 N–H and O–H groups in total. The average Bonchev–Trinajstić information content (AvgIpc) is 3.01. The van der Waals surface area contributed by atoms with E-state index < -0.39 is 0 Å². The van der Waals surface area contributed by atoms with Crippen molar-refractivity contribution in [3.05, 3.63) is 169 Å². The maximum Gasteiger partial charge on any atom is 0.186 e. The highest BCUT2D eigenvalue weighted by Crippen LogP contribution is 2.17. The smallest absolute Gasteiger partial charge is 0.186 e. The summed E-state index contributed by atoms with van der Waals surface area (Å²) in [5.74, 6) is -0.554. The number of benzene rings is 3. The van der Waals surface area contributed by atoms with E-state index in [0.717, 1.165) is 0 Å². The maximum absolute atomic E-state index is 11.2. The van der Waals surface area contributed by atoms with Crippen molar-refractivity contribution in [2.75, 3.05) is 0 Å². The van der Waals surface area contributed by atoms with Crippen molar-refractivity contribution in [3.8, 4) is 0 Å². The molecule has 0 fully saturated rings. The van der Waals surface area contributed by atoms with Crippen LogP contribution in [0.5, 0.6) is 0 Å². The predicted molar refractivity (Wildman–Crippen MR) is 152 cm³/mol. The van der Waals surface area contributed by atoms with Gasteiger partial charge < -0.3 is 11.1 Å². The number of carbonyl (C=O) groups is 6. The van der Waals surface area contributed by atoms with Crippen molar-refractivity contribution in [1.29, 1.82) is 5.53 Å². The zero-order chi connectivity index (χ0) is 31.1. The minimum Gasteiger partial charge on any atom is -0.373 e. The molecule has 0 amide bonds. The zero-order valence-electron chi connectivity index (χ0n) is 21.6. The largest absolute Gasteiger partial charge is 0.373 e. The molecule has 0 saturated heterocycles. The lowest BCUT2D eigenvalue weighted by Gasteiger charge is -2.06. The minimum absolute atomic E-state index is 0.0924.